The Balaban J connectivity index is 1.58. The third kappa shape index (κ3) is 6.21. The van der Waals surface area contributed by atoms with Crippen molar-refractivity contribution in [2.75, 3.05) is 26.5 Å². The minimum atomic E-state index is -5.05. The second-order valence-corrected chi connectivity index (χ2v) is 10.1. The number of hydrogen-bond acceptors (Lipinski definition) is 5. The lowest BCUT2D eigenvalue weighted by Gasteiger charge is -2.28. The van der Waals surface area contributed by atoms with Crippen LogP contribution in [0.2, 0.25) is 0 Å². The molecule has 3 aromatic rings. The van der Waals surface area contributed by atoms with Crippen LogP contribution in [0.4, 0.5) is 54.3 Å². The van der Waals surface area contributed by atoms with E-state index in [1.807, 2.05) is 6.26 Å². The summed E-state index contributed by atoms with van der Waals surface area (Å²) in [5.41, 5.74) is -2.14. The van der Waals surface area contributed by atoms with E-state index in [1.54, 1.807) is 24.3 Å². The lowest BCUT2D eigenvalue weighted by Crippen LogP contribution is -2.43. The Labute approximate surface area is 236 Å². The zero-order valence-corrected chi connectivity index (χ0v) is 22.7. The molecule has 1 aliphatic heterocycles. The molecule has 4 rings (SSSR count). The minimum Gasteiger partial charge on any atom is -0.330 e. The molecule has 3 N–H and O–H groups in total. The maximum atomic E-state index is 14.1. The molecule has 0 aromatic heterocycles. The predicted molar refractivity (Wildman–Crippen MR) is 147 cm³/mol. The molecule has 1 fully saturated rings. The van der Waals surface area contributed by atoms with Crippen molar-refractivity contribution in [3.8, 4) is 0 Å². The van der Waals surface area contributed by atoms with Crippen LogP contribution < -0.4 is 20.3 Å². The standard InChI is InChI=1S/C27H24F5N5O3S/c1-26(2)23(38)37(19-10-11-21(29)20(13-19)27(30,31)32)25(40)36(26)14-15-4-5-16(28)12-22(15)34-24(39)33-17-6-8-18(9-7-17)35-41-3/h4-13,35H,14H2,1-3H3,(H2,33,34,39). The van der Waals surface area contributed by atoms with Gasteiger partial charge in [0.1, 0.15) is 17.2 Å². The number of rotatable bonds is 7. The number of halogens is 5. The molecule has 41 heavy (non-hydrogen) atoms. The normalized spacial score (nSPS) is 14.8. The maximum absolute atomic E-state index is 14.1. The molecule has 0 radical (unpaired) electrons. The molecule has 0 atom stereocenters. The van der Waals surface area contributed by atoms with Gasteiger partial charge in [-0.05, 0) is 74.0 Å². The van der Waals surface area contributed by atoms with Gasteiger partial charge in [0.2, 0.25) is 0 Å². The highest BCUT2D eigenvalue weighted by atomic mass is 32.2. The van der Waals surface area contributed by atoms with E-state index in [9.17, 15) is 36.3 Å². The molecule has 0 aliphatic carbocycles. The van der Waals surface area contributed by atoms with Crippen LogP contribution in [0.5, 0.6) is 0 Å². The number of urea groups is 2. The second-order valence-electron chi connectivity index (χ2n) is 9.49. The Morgan fingerprint density at radius 2 is 1.59 bits per heavy atom. The van der Waals surface area contributed by atoms with Crippen LogP contribution in [0.25, 0.3) is 0 Å². The average Bonchev–Trinajstić information content (AvgIpc) is 3.05. The number of carbonyl (C=O) groups is 3. The van der Waals surface area contributed by atoms with E-state index in [4.69, 9.17) is 0 Å². The highest BCUT2D eigenvalue weighted by Crippen LogP contribution is 2.38. The molecule has 8 nitrogen and oxygen atoms in total. The van der Waals surface area contributed by atoms with Crippen LogP contribution in [0.1, 0.15) is 25.0 Å². The number of nitrogens with zero attached hydrogens (tertiary/aromatic N) is 2. The molecule has 1 saturated heterocycles. The van der Waals surface area contributed by atoms with Gasteiger partial charge in [-0.2, -0.15) is 13.2 Å². The molecule has 1 heterocycles. The van der Waals surface area contributed by atoms with Gasteiger partial charge in [0.25, 0.3) is 5.91 Å². The Morgan fingerprint density at radius 1 is 0.927 bits per heavy atom. The largest absolute Gasteiger partial charge is 0.419 e. The van der Waals surface area contributed by atoms with Gasteiger partial charge in [-0.15, -0.1) is 0 Å². The van der Waals surface area contributed by atoms with Crippen LogP contribution in [0.15, 0.2) is 60.7 Å². The average molecular weight is 594 g/mol. The summed E-state index contributed by atoms with van der Waals surface area (Å²) in [6.07, 6.45) is -3.20. The number of amides is 5. The number of imide groups is 1. The van der Waals surface area contributed by atoms with Gasteiger partial charge < -0.3 is 20.3 Å². The molecular weight excluding hydrogens is 569 g/mol. The summed E-state index contributed by atoms with van der Waals surface area (Å²) in [6.45, 7) is 2.47. The van der Waals surface area contributed by atoms with Crippen LogP contribution in [-0.2, 0) is 17.5 Å². The zero-order valence-electron chi connectivity index (χ0n) is 21.9. The van der Waals surface area contributed by atoms with Crippen molar-refractivity contribution in [2.45, 2.75) is 32.1 Å². The number of hydrogen-bond donors (Lipinski definition) is 3. The summed E-state index contributed by atoms with van der Waals surface area (Å²) in [7, 11) is 0. The van der Waals surface area contributed by atoms with Crippen LogP contribution in [0, 0.1) is 11.6 Å². The van der Waals surface area contributed by atoms with Crippen molar-refractivity contribution in [1.29, 1.82) is 0 Å². The molecule has 5 amide bonds. The van der Waals surface area contributed by atoms with Gasteiger partial charge in [0, 0.05) is 17.6 Å². The van der Waals surface area contributed by atoms with Crippen molar-refractivity contribution in [2.24, 2.45) is 0 Å². The number of alkyl halides is 3. The van der Waals surface area contributed by atoms with Gasteiger partial charge in [0.05, 0.1) is 23.5 Å². The molecule has 1 aliphatic rings. The second kappa shape index (κ2) is 11.3. The van der Waals surface area contributed by atoms with Crippen LogP contribution in [-0.4, -0.2) is 34.7 Å². The topological polar surface area (TPSA) is 93.8 Å². The summed E-state index contributed by atoms with van der Waals surface area (Å²) in [5.74, 6) is -3.09. The Morgan fingerprint density at radius 3 is 2.22 bits per heavy atom. The van der Waals surface area contributed by atoms with Gasteiger partial charge >= 0.3 is 18.2 Å². The van der Waals surface area contributed by atoms with Crippen molar-refractivity contribution in [3.63, 3.8) is 0 Å². The first-order valence-electron chi connectivity index (χ1n) is 12.0. The van der Waals surface area contributed by atoms with Crippen molar-refractivity contribution in [1.82, 2.24) is 4.90 Å². The van der Waals surface area contributed by atoms with Gasteiger partial charge in [-0.25, -0.2) is 23.3 Å². The molecule has 216 valence electrons. The summed E-state index contributed by atoms with van der Waals surface area (Å²) in [5, 5.41) is 5.14. The quantitative estimate of drug-likeness (QED) is 0.155. The Hall–Kier alpha value is -4.33. The van der Waals surface area contributed by atoms with E-state index < -0.39 is 52.6 Å². The molecule has 14 heteroatoms. The predicted octanol–water partition coefficient (Wildman–Crippen LogP) is 7.06. The number of benzene rings is 3. The van der Waals surface area contributed by atoms with Crippen molar-refractivity contribution >= 4 is 52.7 Å². The van der Waals surface area contributed by atoms with Crippen LogP contribution >= 0.6 is 11.9 Å². The first-order chi connectivity index (χ1) is 19.2. The number of carbonyl (C=O) groups excluding carboxylic acids is 3. The molecule has 0 unspecified atom stereocenters. The minimum absolute atomic E-state index is 0.00110. The lowest BCUT2D eigenvalue weighted by atomic mass is 10.0. The lowest BCUT2D eigenvalue weighted by molar-refractivity contribution is -0.140. The molecular formula is C27H24F5N5O3S. The van der Waals surface area contributed by atoms with E-state index in [0.29, 0.717) is 22.7 Å². The monoisotopic (exact) mass is 593 g/mol. The molecule has 0 bridgehead atoms. The Kier molecular flexibility index (Phi) is 8.15. The van der Waals surface area contributed by atoms with Crippen molar-refractivity contribution in [3.05, 3.63) is 83.4 Å². The maximum Gasteiger partial charge on any atom is 0.419 e. The van der Waals surface area contributed by atoms with E-state index >= 15 is 0 Å². The highest BCUT2D eigenvalue weighted by Gasteiger charge is 2.52. The van der Waals surface area contributed by atoms with Gasteiger partial charge in [-0.3, -0.25) is 4.79 Å². The zero-order chi connectivity index (χ0) is 30.1. The third-order valence-corrected chi connectivity index (χ3v) is 6.79. The van der Waals surface area contributed by atoms with E-state index in [0.717, 1.165) is 28.8 Å². The third-order valence-electron chi connectivity index (χ3n) is 6.35. The van der Waals surface area contributed by atoms with E-state index in [1.165, 1.54) is 31.9 Å². The summed E-state index contributed by atoms with van der Waals surface area (Å²) < 4.78 is 70.9. The van der Waals surface area contributed by atoms with Crippen LogP contribution in [0.3, 0.4) is 0 Å². The van der Waals surface area contributed by atoms with Crippen molar-refractivity contribution < 1.29 is 36.3 Å². The fourth-order valence-corrected chi connectivity index (χ4v) is 4.57. The van der Waals surface area contributed by atoms with E-state index in [-0.39, 0.29) is 17.8 Å². The first kappa shape index (κ1) is 29.6. The SMILES string of the molecule is CSNc1ccc(NC(=O)Nc2cc(F)ccc2CN2C(=O)N(c3ccc(F)c(C(F)(F)F)c3)C(=O)C2(C)C)cc1. The van der Waals surface area contributed by atoms with E-state index in [2.05, 4.69) is 15.4 Å². The number of anilines is 4. The summed E-state index contributed by atoms with van der Waals surface area (Å²) in [4.78, 5) is 40.9. The molecule has 0 spiro atoms. The summed E-state index contributed by atoms with van der Waals surface area (Å²) >= 11 is 1.40. The smallest absolute Gasteiger partial charge is 0.330 e. The Bertz CT molecular complexity index is 1500. The highest BCUT2D eigenvalue weighted by molar-refractivity contribution is 7.99. The summed E-state index contributed by atoms with van der Waals surface area (Å²) in [6, 6.07) is 10.4. The van der Waals surface area contributed by atoms with Gasteiger partial charge in [0.15, 0.2) is 0 Å². The molecule has 3 aromatic carbocycles. The van der Waals surface area contributed by atoms with Gasteiger partial charge in [-0.1, -0.05) is 18.0 Å². The molecule has 0 saturated carbocycles. The number of nitrogens with one attached hydrogen (secondary N) is 3. The fraction of sp³-hybridized carbons (Fsp3) is 0.222. The first-order valence-corrected chi connectivity index (χ1v) is 13.2. The fourth-order valence-electron chi connectivity index (χ4n) is 4.20.